The fourth-order valence-electron chi connectivity index (χ4n) is 2.24. The minimum atomic E-state index is 0.496. The maximum absolute atomic E-state index is 4.39. The van der Waals surface area contributed by atoms with Gasteiger partial charge in [-0.05, 0) is 24.3 Å². The Kier molecular flexibility index (Phi) is 3.05. The predicted octanol–water partition coefficient (Wildman–Crippen LogP) is 3.43. The largest absolute Gasteiger partial charge is 0.355 e. The number of hydrogen-bond donors (Lipinski definition) is 1. The molecule has 1 aliphatic carbocycles. The van der Waals surface area contributed by atoms with Crippen LogP contribution in [0.3, 0.4) is 0 Å². The van der Waals surface area contributed by atoms with Crippen LogP contribution in [0.4, 0.5) is 5.95 Å². The summed E-state index contributed by atoms with van der Waals surface area (Å²) in [7, 11) is 0. The first-order valence-corrected chi connectivity index (χ1v) is 6.66. The third-order valence-electron chi connectivity index (χ3n) is 3.54. The van der Waals surface area contributed by atoms with Crippen molar-refractivity contribution < 1.29 is 0 Å². The second-order valence-electron chi connectivity index (χ2n) is 5.08. The predicted molar refractivity (Wildman–Crippen MR) is 73.8 cm³/mol. The first-order chi connectivity index (χ1) is 8.84. The summed E-state index contributed by atoms with van der Waals surface area (Å²) in [5.41, 5.74) is 1.37. The van der Waals surface area contributed by atoms with Crippen molar-refractivity contribution in [1.29, 1.82) is 0 Å². The molecule has 0 spiro atoms. The zero-order valence-electron chi connectivity index (χ0n) is 10.7. The Balaban J connectivity index is 1.62. The van der Waals surface area contributed by atoms with Crippen LogP contribution in [0, 0.1) is 0 Å². The molecule has 0 bridgehead atoms. The zero-order chi connectivity index (χ0) is 12.4. The molecule has 1 atom stereocenters. The highest BCUT2D eigenvalue weighted by Gasteiger charge is 2.25. The van der Waals surface area contributed by atoms with Gasteiger partial charge in [-0.3, -0.25) is 0 Å². The van der Waals surface area contributed by atoms with Gasteiger partial charge >= 0.3 is 0 Å². The average molecular weight is 241 g/mol. The van der Waals surface area contributed by atoms with Gasteiger partial charge in [0.2, 0.25) is 5.95 Å². The van der Waals surface area contributed by atoms with Crippen molar-refractivity contribution in [2.75, 3.05) is 11.9 Å². The van der Waals surface area contributed by atoms with E-state index in [9.17, 15) is 0 Å². The molecular weight excluding hydrogens is 222 g/mol. The number of nitrogens with one attached hydrogen (secondary N) is 1. The molecule has 1 heterocycles. The molecule has 0 radical (unpaired) electrons. The summed E-state index contributed by atoms with van der Waals surface area (Å²) < 4.78 is 2.26. The van der Waals surface area contributed by atoms with Crippen LogP contribution >= 0.6 is 0 Å². The topological polar surface area (TPSA) is 29.9 Å². The quantitative estimate of drug-likeness (QED) is 0.869. The first kappa shape index (κ1) is 11.3. The van der Waals surface area contributed by atoms with Crippen LogP contribution in [0.5, 0.6) is 0 Å². The van der Waals surface area contributed by atoms with Crippen molar-refractivity contribution in [2.24, 2.45) is 0 Å². The molecule has 2 aromatic rings. The van der Waals surface area contributed by atoms with E-state index in [0.29, 0.717) is 12.0 Å². The fourth-order valence-corrected chi connectivity index (χ4v) is 2.24. The Morgan fingerprint density at radius 1 is 1.33 bits per heavy atom. The molecule has 1 N–H and O–H groups in total. The van der Waals surface area contributed by atoms with Gasteiger partial charge in [-0.2, -0.15) is 0 Å². The number of hydrogen-bond acceptors (Lipinski definition) is 2. The third kappa shape index (κ3) is 2.40. The minimum Gasteiger partial charge on any atom is -0.355 e. The normalized spacial score (nSPS) is 16.5. The van der Waals surface area contributed by atoms with E-state index in [-0.39, 0.29) is 0 Å². The van der Waals surface area contributed by atoms with Gasteiger partial charge in [0.15, 0.2) is 0 Å². The Morgan fingerprint density at radius 2 is 2.11 bits per heavy atom. The lowest BCUT2D eigenvalue weighted by atomic mass is 10.0. The molecule has 3 heteroatoms. The molecule has 3 nitrogen and oxygen atoms in total. The number of aromatic nitrogens is 2. The molecule has 0 saturated heterocycles. The maximum atomic E-state index is 4.39. The molecule has 1 aromatic heterocycles. The summed E-state index contributed by atoms with van der Waals surface area (Å²) in [5, 5.41) is 3.46. The third-order valence-corrected chi connectivity index (χ3v) is 3.54. The fraction of sp³-hybridized carbons (Fsp3) is 0.400. The van der Waals surface area contributed by atoms with Gasteiger partial charge in [-0.15, -0.1) is 0 Å². The van der Waals surface area contributed by atoms with Crippen molar-refractivity contribution in [2.45, 2.75) is 31.7 Å². The SMILES string of the molecule is CC(CNc1nccn1C1CC1)c1ccccc1. The van der Waals surface area contributed by atoms with Crippen LogP contribution in [-0.2, 0) is 0 Å². The second-order valence-corrected chi connectivity index (χ2v) is 5.08. The van der Waals surface area contributed by atoms with E-state index in [1.165, 1.54) is 18.4 Å². The maximum Gasteiger partial charge on any atom is 0.203 e. The van der Waals surface area contributed by atoms with Gasteiger partial charge in [0.05, 0.1) is 0 Å². The van der Waals surface area contributed by atoms with E-state index < -0.39 is 0 Å². The van der Waals surface area contributed by atoms with Crippen molar-refractivity contribution in [1.82, 2.24) is 9.55 Å². The van der Waals surface area contributed by atoms with Crippen LogP contribution in [0.1, 0.15) is 37.3 Å². The Morgan fingerprint density at radius 3 is 2.83 bits per heavy atom. The Labute approximate surface area is 108 Å². The molecule has 94 valence electrons. The number of nitrogens with zero attached hydrogens (tertiary/aromatic N) is 2. The first-order valence-electron chi connectivity index (χ1n) is 6.66. The van der Waals surface area contributed by atoms with E-state index in [1.54, 1.807) is 0 Å². The van der Waals surface area contributed by atoms with Crippen LogP contribution < -0.4 is 5.32 Å². The van der Waals surface area contributed by atoms with Gasteiger partial charge < -0.3 is 9.88 Å². The molecule has 18 heavy (non-hydrogen) atoms. The van der Waals surface area contributed by atoms with Crippen LogP contribution in [0.15, 0.2) is 42.7 Å². The van der Waals surface area contributed by atoms with Crippen molar-refractivity contribution >= 4 is 5.95 Å². The number of anilines is 1. The highest BCUT2D eigenvalue weighted by atomic mass is 15.2. The van der Waals surface area contributed by atoms with E-state index in [2.05, 4.69) is 58.3 Å². The van der Waals surface area contributed by atoms with Crippen LogP contribution in [-0.4, -0.2) is 16.1 Å². The summed E-state index contributed by atoms with van der Waals surface area (Å²) in [6, 6.07) is 11.3. The van der Waals surface area contributed by atoms with Gasteiger partial charge in [0.1, 0.15) is 0 Å². The van der Waals surface area contributed by atoms with E-state index in [4.69, 9.17) is 0 Å². The highest BCUT2D eigenvalue weighted by Crippen LogP contribution is 2.36. The van der Waals surface area contributed by atoms with Gasteiger partial charge in [-0.1, -0.05) is 37.3 Å². The molecule has 1 aliphatic rings. The lowest BCUT2D eigenvalue weighted by Gasteiger charge is -2.14. The summed E-state index contributed by atoms with van der Waals surface area (Å²) in [6.45, 7) is 3.17. The second kappa shape index (κ2) is 4.84. The standard InChI is InChI=1S/C15H19N3/c1-12(13-5-3-2-4-6-13)11-17-15-16-9-10-18(15)14-7-8-14/h2-6,9-10,12,14H,7-8,11H2,1H3,(H,16,17). The summed E-state index contributed by atoms with van der Waals surface area (Å²) in [5.74, 6) is 1.51. The van der Waals surface area contributed by atoms with Crippen LogP contribution in [0.2, 0.25) is 0 Å². The number of rotatable bonds is 5. The molecular formula is C15H19N3. The van der Waals surface area contributed by atoms with E-state index in [0.717, 1.165) is 12.5 Å². The number of imidazole rings is 1. The lowest BCUT2D eigenvalue weighted by molar-refractivity contribution is 0.727. The minimum absolute atomic E-state index is 0.496. The molecule has 1 fully saturated rings. The van der Waals surface area contributed by atoms with Gasteiger partial charge in [-0.25, -0.2) is 4.98 Å². The molecule has 1 saturated carbocycles. The average Bonchev–Trinajstić information content (AvgIpc) is 3.16. The molecule has 3 rings (SSSR count). The molecule has 1 aromatic carbocycles. The highest BCUT2D eigenvalue weighted by molar-refractivity contribution is 5.30. The van der Waals surface area contributed by atoms with Gasteiger partial charge in [0, 0.05) is 25.0 Å². The van der Waals surface area contributed by atoms with E-state index in [1.807, 2.05) is 6.20 Å². The summed E-state index contributed by atoms with van der Waals surface area (Å²) >= 11 is 0. The molecule has 0 aliphatic heterocycles. The molecule has 0 amide bonds. The number of benzene rings is 1. The smallest absolute Gasteiger partial charge is 0.203 e. The van der Waals surface area contributed by atoms with Crippen molar-refractivity contribution in [3.8, 4) is 0 Å². The van der Waals surface area contributed by atoms with Crippen LogP contribution in [0.25, 0.3) is 0 Å². The van der Waals surface area contributed by atoms with Gasteiger partial charge in [0.25, 0.3) is 0 Å². The summed E-state index contributed by atoms with van der Waals surface area (Å²) in [4.78, 5) is 4.39. The summed E-state index contributed by atoms with van der Waals surface area (Å²) in [6.07, 6.45) is 6.54. The zero-order valence-corrected chi connectivity index (χ0v) is 10.7. The monoisotopic (exact) mass is 241 g/mol. The van der Waals surface area contributed by atoms with Crippen molar-refractivity contribution in [3.63, 3.8) is 0 Å². The van der Waals surface area contributed by atoms with Crippen molar-refractivity contribution in [3.05, 3.63) is 48.3 Å². The Hall–Kier alpha value is -1.77. The molecule has 1 unspecified atom stereocenters. The lowest BCUT2D eigenvalue weighted by Crippen LogP contribution is -2.13. The van der Waals surface area contributed by atoms with E-state index >= 15 is 0 Å². The Bertz CT molecular complexity index is 499.